The van der Waals surface area contributed by atoms with Gasteiger partial charge in [0.05, 0.1) is 22.8 Å². The van der Waals surface area contributed by atoms with Gasteiger partial charge in [0.2, 0.25) is 11.8 Å². The van der Waals surface area contributed by atoms with Crippen molar-refractivity contribution in [2.45, 2.75) is 54.1 Å². The molecule has 0 radical (unpaired) electrons. The molecule has 1 aliphatic heterocycles. The number of rotatable bonds is 8. The molecule has 2 amide bonds. The fourth-order valence-electron chi connectivity index (χ4n) is 5.12. The predicted molar refractivity (Wildman–Crippen MR) is 168 cm³/mol. The van der Waals surface area contributed by atoms with Gasteiger partial charge in [0, 0.05) is 52.2 Å². The van der Waals surface area contributed by atoms with Crippen LogP contribution in [0.3, 0.4) is 0 Å². The molecular weight excluding hydrogens is 571 g/mol. The molecule has 3 heterocycles. The molecule has 0 saturated carbocycles. The zero-order valence-electron chi connectivity index (χ0n) is 24.3. The summed E-state index contributed by atoms with van der Waals surface area (Å²) in [4.78, 5) is 36.7. The van der Waals surface area contributed by atoms with Gasteiger partial charge in [-0.2, -0.15) is 5.10 Å². The number of halogens is 3. The molecule has 4 rings (SSSR count). The van der Waals surface area contributed by atoms with Crippen LogP contribution in [0, 0.1) is 19.3 Å². The third kappa shape index (κ3) is 7.16. The summed E-state index contributed by atoms with van der Waals surface area (Å²) in [6.07, 6.45) is 2.71. The van der Waals surface area contributed by atoms with E-state index in [1.165, 1.54) is 5.56 Å². The third-order valence-electron chi connectivity index (χ3n) is 7.33. The van der Waals surface area contributed by atoms with Crippen molar-refractivity contribution in [3.05, 3.63) is 70.8 Å². The van der Waals surface area contributed by atoms with Crippen molar-refractivity contribution in [3.63, 3.8) is 0 Å². The van der Waals surface area contributed by atoms with Crippen molar-refractivity contribution in [1.82, 2.24) is 19.7 Å². The SMILES string of the molecule is CCN1C(=O)C(C)(C)C(=O)N(C)c2cc(CN(CCc3cccnc3C)Cc3cc(C)nn3C)ccc21.Cl.Cl.Cl. The maximum atomic E-state index is 13.3. The molecule has 2 aromatic heterocycles. The van der Waals surface area contributed by atoms with Crippen LogP contribution in [0.15, 0.2) is 42.6 Å². The van der Waals surface area contributed by atoms with Crippen LogP contribution >= 0.6 is 37.2 Å². The molecule has 0 saturated heterocycles. The quantitative estimate of drug-likeness (QED) is 0.323. The zero-order chi connectivity index (χ0) is 26.9. The maximum Gasteiger partial charge on any atom is 0.242 e. The lowest BCUT2D eigenvalue weighted by Gasteiger charge is -2.27. The summed E-state index contributed by atoms with van der Waals surface area (Å²) < 4.78 is 1.94. The molecule has 1 aliphatic rings. The second-order valence-electron chi connectivity index (χ2n) is 10.5. The molecule has 0 aliphatic carbocycles. The second-order valence-corrected chi connectivity index (χ2v) is 10.5. The van der Waals surface area contributed by atoms with Crippen LogP contribution in [0.2, 0.25) is 0 Å². The van der Waals surface area contributed by atoms with Crippen molar-refractivity contribution in [3.8, 4) is 0 Å². The number of carbonyl (C=O) groups excluding carboxylic acids is 2. The third-order valence-corrected chi connectivity index (χ3v) is 7.33. The Morgan fingerprint density at radius 2 is 1.62 bits per heavy atom. The lowest BCUT2D eigenvalue weighted by molar-refractivity contribution is -0.137. The fourth-order valence-corrected chi connectivity index (χ4v) is 5.12. The Morgan fingerprint density at radius 1 is 0.925 bits per heavy atom. The first-order valence-corrected chi connectivity index (χ1v) is 12.9. The molecule has 0 N–H and O–H groups in total. The molecule has 1 aromatic carbocycles. The van der Waals surface area contributed by atoms with Gasteiger partial charge in [-0.05, 0) is 76.4 Å². The summed E-state index contributed by atoms with van der Waals surface area (Å²) in [5.74, 6) is -0.362. The lowest BCUT2D eigenvalue weighted by Crippen LogP contribution is -2.47. The molecule has 0 atom stereocenters. The van der Waals surface area contributed by atoms with Gasteiger partial charge in [0.15, 0.2) is 0 Å². The number of anilines is 2. The van der Waals surface area contributed by atoms with Crippen molar-refractivity contribution >= 4 is 60.4 Å². The van der Waals surface area contributed by atoms with Crippen LogP contribution in [0.25, 0.3) is 0 Å². The van der Waals surface area contributed by atoms with Crippen molar-refractivity contribution < 1.29 is 9.59 Å². The van der Waals surface area contributed by atoms with Gasteiger partial charge < -0.3 is 9.80 Å². The molecular formula is C29H41Cl3N6O2. The van der Waals surface area contributed by atoms with Crippen molar-refractivity contribution in [2.24, 2.45) is 12.5 Å². The van der Waals surface area contributed by atoms with E-state index >= 15 is 0 Å². The minimum absolute atomic E-state index is 0. The van der Waals surface area contributed by atoms with Crippen LogP contribution in [-0.4, -0.2) is 51.6 Å². The van der Waals surface area contributed by atoms with E-state index in [9.17, 15) is 9.59 Å². The molecule has 8 nitrogen and oxygen atoms in total. The highest BCUT2D eigenvalue weighted by atomic mass is 35.5. The number of benzene rings is 1. The number of carbonyl (C=O) groups is 2. The van der Waals surface area contributed by atoms with Crippen LogP contribution in [0.1, 0.15) is 49.0 Å². The Balaban J connectivity index is 0.00000267. The Hall–Kier alpha value is -2.65. The van der Waals surface area contributed by atoms with Crippen molar-refractivity contribution in [1.29, 1.82) is 0 Å². The van der Waals surface area contributed by atoms with Crippen LogP contribution in [-0.2, 0) is 36.1 Å². The van der Waals surface area contributed by atoms with E-state index < -0.39 is 5.41 Å². The number of amides is 2. The normalized spacial score (nSPS) is 14.2. The highest BCUT2D eigenvalue weighted by molar-refractivity contribution is 6.19. The van der Waals surface area contributed by atoms with Gasteiger partial charge in [-0.1, -0.05) is 12.1 Å². The van der Waals surface area contributed by atoms with Gasteiger partial charge >= 0.3 is 0 Å². The molecule has 0 fully saturated rings. The smallest absolute Gasteiger partial charge is 0.242 e. The number of fused-ring (bicyclic) bond motifs is 1. The van der Waals surface area contributed by atoms with Gasteiger partial charge in [0.1, 0.15) is 5.41 Å². The average Bonchev–Trinajstić information content (AvgIpc) is 3.17. The molecule has 3 aromatic rings. The minimum atomic E-state index is -1.12. The Labute approximate surface area is 256 Å². The largest absolute Gasteiger partial charge is 0.313 e. The second kappa shape index (κ2) is 14.3. The van der Waals surface area contributed by atoms with Crippen LogP contribution in [0.4, 0.5) is 11.4 Å². The lowest BCUT2D eigenvalue weighted by atomic mass is 9.90. The molecule has 40 heavy (non-hydrogen) atoms. The molecule has 11 heteroatoms. The molecule has 0 spiro atoms. The predicted octanol–water partition coefficient (Wildman–Crippen LogP) is 5.30. The standard InChI is InChI=1S/C29H38N6O2.3ClH/c1-8-35-25-12-11-22(17-26(25)32(6)27(36)29(4,5)28(35)37)18-34(19-24-16-20(2)31-33(24)7)15-13-23-10-9-14-30-21(23)3;;;/h9-12,14,16-17H,8,13,15,18-19H2,1-7H3;3*1H. The average molecular weight is 612 g/mol. The van der Waals surface area contributed by atoms with Gasteiger partial charge in [-0.3, -0.25) is 24.2 Å². The van der Waals surface area contributed by atoms with Gasteiger partial charge in [-0.15, -0.1) is 37.2 Å². The fraction of sp³-hybridized carbons (Fsp3) is 0.448. The first-order chi connectivity index (χ1) is 17.5. The van der Waals surface area contributed by atoms with Gasteiger partial charge in [0.25, 0.3) is 0 Å². The summed E-state index contributed by atoms with van der Waals surface area (Å²) in [5, 5.41) is 4.53. The van der Waals surface area contributed by atoms with E-state index in [1.807, 2.05) is 50.8 Å². The Morgan fingerprint density at radius 3 is 2.23 bits per heavy atom. The number of nitrogens with zero attached hydrogens (tertiary/aromatic N) is 6. The van der Waals surface area contributed by atoms with Crippen LogP contribution in [0.5, 0.6) is 0 Å². The first-order valence-electron chi connectivity index (χ1n) is 12.9. The summed E-state index contributed by atoms with van der Waals surface area (Å²) in [5.41, 5.74) is 5.94. The van der Waals surface area contributed by atoms with Crippen molar-refractivity contribution in [2.75, 3.05) is 29.9 Å². The van der Waals surface area contributed by atoms with E-state index in [-0.39, 0.29) is 49.0 Å². The van der Waals surface area contributed by atoms with E-state index in [0.29, 0.717) is 13.1 Å². The Kier molecular flexibility index (Phi) is 12.7. The molecule has 220 valence electrons. The van der Waals surface area contributed by atoms with E-state index in [2.05, 4.69) is 39.2 Å². The monoisotopic (exact) mass is 610 g/mol. The summed E-state index contributed by atoms with van der Waals surface area (Å²) >= 11 is 0. The number of pyridine rings is 1. The first kappa shape index (κ1) is 35.4. The number of hydrogen-bond acceptors (Lipinski definition) is 5. The molecule has 0 unspecified atom stereocenters. The highest BCUT2D eigenvalue weighted by Gasteiger charge is 2.45. The summed E-state index contributed by atoms with van der Waals surface area (Å²) in [6.45, 7) is 12.2. The summed E-state index contributed by atoms with van der Waals surface area (Å²) in [6, 6.07) is 12.4. The summed E-state index contributed by atoms with van der Waals surface area (Å²) in [7, 11) is 3.74. The van der Waals surface area contributed by atoms with Crippen LogP contribution < -0.4 is 9.80 Å². The van der Waals surface area contributed by atoms with E-state index in [0.717, 1.165) is 53.5 Å². The number of aryl methyl sites for hydroxylation is 3. The number of aromatic nitrogens is 3. The maximum absolute atomic E-state index is 13.3. The zero-order valence-corrected chi connectivity index (χ0v) is 26.8. The van der Waals surface area contributed by atoms with E-state index in [1.54, 1.807) is 30.7 Å². The minimum Gasteiger partial charge on any atom is -0.313 e. The number of hydrogen-bond donors (Lipinski definition) is 0. The molecule has 0 bridgehead atoms. The highest BCUT2D eigenvalue weighted by Crippen LogP contribution is 2.39. The van der Waals surface area contributed by atoms with Gasteiger partial charge in [-0.25, -0.2) is 0 Å². The van der Waals surface area contributed by atoms with E-state index in [4.69, 9.17) is 0 Å². The topological polar surface area (TPSA) is 74.6 Å². The Bertz CT molecular complexity index is 1330.